The normalized spacial score (nSPS) is 12.0. The zero-order chi connectivity index (χ0) is 30.9. The number of nitrogens with zero attached hydrogens (tertiary/aromatic N) is 2. The van der Waals surface area contributed by atoms with E-state index in [1.165, 1.54) is 51.6 Å². The van der Waals surface area contributed by atoms with E-state index < -0.39 is 47.9 Å². The van der Waals surface area contributed by atoms with Gasteiger partial charge < -0.3 is 34.5 Å². The summed E-state index contributed by atoms with van der Waals surface area (Å²) in [7, 11) is 2.94. The molecular formula is C24H30I3N3O10. The van der Waals surface area contributed by atoms with Crippen LogP contribution in [0.3, 0.4) is 0 Å². The molecule has 0 aromatic heterocycles. The summed E-state index contributed by atoms with van der Waals surface area (Å²) in [6.45, 7) is 4.10. The molecule has 2 amide bonds. The first-order valence-electron chi connectivity index (χ1n) is 11.6. The highest BCUT2D eigenvalue weighted by Crippen LogP contribution is 2.35. The monoisotopic (exact) mass is 901 g/mol. The zero-order valence-electron chi connectivity index (χ0n) is 22.7. The first-order chi connectivity index (χ1) is 18.5. The fourth-order valence-electron chi connectivity index (χ4n) is 3.36. The Morgan fingerprint density at radius 3 is 1.25 bits per heavy atom. The predicted octanol–water partition coefficient (Wildman–Crippen LogP) is 2.22. The minimum absolute atomic E-state index is 0.104. The molecule has 0 saturated carbocycles. The Kier molecular flexibility index (Phi) is 14.8. The lowest BCUT2D eigenvalue weighted by Gasteiger charge is -2.27. The number of anilines is 1. The van der Waals surface area contributed by atoms with Gasteiger partial charge in [0.25, 0.3) is 11.8 Å². The second-order valence-electron chi connectivity index (χ2n) is 8.55. The van der Waals surface area contributed by atoms with Crippen molar-refractivity contribution in [2.45, 2.75) is 39.9 Å². The molecule has 0 heterocycles. The molecule has 0 aliphatic heterocycles. The minimum atomic E-state index is -0.922. The van der Waals surface area contributed by atoms with E-state index in [0.29, 0.717) is 10.7 Å². The topological polar surface area (TPSA) is 172 Å². The molecule has 1 rings (SSSR count). The van der Waals surface area contributed by atoms with Gasteiger partial charge in [-0.15, -0.1) is 0 Å². The lowest BCUT2D eigenvalue weighted by Crippen LogP contribution is -2.41. The van der Waals surface area contributed by atoms with Crippen LogP contribution in [0.1, 0.15) is 48.4 Å². The first kappa shape index (κ1) is 36.1. The van der Waals surface area contributed by atoms with Gasteiger partial charge in [-0.1, -0.05) is 0 Å². The van der Waals surface area contributed by atoms with E-state index in [1.807, 2.05) is 67.8 Å². The van der Waals surface area contributed by atoms with Crippen LogP contribution in [0.25, 0.3) is 0 Å². The molecule has 0 fully saturated rings. The molecule has 0 radical (unpaired) electrons. The predicted molar refractivity (Wildman–Crippen MR) is 167 cm³/mol. The summed E-state index contributed by atoms with van der Waals surface area (Å²) < 4.78 is 21.4. The number of likely N-dealkylation sites (N-methyl/N-ethyl adjacent to an activating group) is 2. The summed E-state index contributed by atoms with van der Waals surface area (Å²) in [5.74, 6) is -3.40. The third-order valence-corrected chi connectivity index (χ3v) is 8.36. The third kappa shape index (κ3) is 10.8. The van der Waals surface area contributed by atoms with Gasteiger partial charge in [0.05, 0.1) is 37.0 Å². The lowest BCUT2D eigenvalue weighted by atomic mass is 10.1. The molecule has 2 N–H and O–H groups in total. The Hall–Kier alpha value is -1.97. The molecule has 0 bridgehead atoms. The van der Waals surface area contributed by atoms with Crippen molar-refractivity contribution in [2.24, 2.45) is 0 Å². The van der Waals surface area contributed by atoms with Crippen LogP contribution < -0.4 is 5.73 Å². The van der Waals surface area contributed by atoms with Crippen LogP contribution in [0.4, 0.5) is 5.69 Å². The molecule has 0 aliphatic rings. The number of nitrogen functional groups attached to an aromatic ring is 1. The maximum absolute atomic E-state index is 13.6. The van der Waals surface area contributed by atoms with Crippen molar-refractivity contribution in [3.8, 4) is 0 Å². The van der Waals surface area contributed by atoms with E-state index in [2.05, 4.69) is 0 Å². The van der Waals surface area contributed by atoms with E-state index in [9.17, 15) is 28.8 Å². The molecule has 13 nitrogen and oxygen atoms in total. The number of carbonyl (C=O) groups is 6. The van der Waals surface area contributed by atoms with Crippen LogP contribution in [0.2, 0.25) is 0 Å². The highest BCUT2D eigenvalue weighted by molar-refractivity contribution is 14.1. The fraction of sp³-hybridized carbons (Fsp3) is 0.500. The molecule has 0 unspecified atom stereocenters. The Balaban J connectivity index is 3.37. The zero-order valence-corrected chi connectivity index (χ0v) is 29.1. The van der Waals surface area contributed by atoms with Gasteiger partial charge in [-0.2, -0.15) is 0 Å². The molecule has 0 spiro atoms. The van der Waals surface area contributed by atoms with Crippen molar-refractivity contribution >= 4 is 109 Å². The average molecular weight is 901 g/mol. The quantitative estimate of drug-likeness (QED) is 0.141. The number of halogens is 3. The van der Waals surface area contributed by atoms with Crippen molar-refractivity contribution in [3.63, 3.8) is 0 Å². The van der Waals surface area contributed by atoms with Gasteiger partial charge in [0.2, 0.25) is 0 Å². The Morgan fingerprint density at radius 1 is 0.650 bits per heavy atom. The number of hydrogen-bond donors (Lipinski definition) is 1. The molecule has 1 aromatic rings. The summed E-state index contributed by atoms with van der Waals surface area (Å²) in [5.41, 5.74) is 6.83. The standard InChI is InChI=1S/C24H30I3N3O10/c1-11(31)37-9-15(39-13(3)33)7-29(5)23(35)17-19(25)18(21(27)22(28)20(17)26)24(36)30(6)8-16(40-14(4)34)10-38-12(2)32/h15-16H,7-10,28H2,1-6H3/t15-,16-/m0/s1. The van der Waals surface area contributed by atoms with Crippen molar-refractivity contribution in [3.05, 3.63) is 21.8 Å². The van der Waals surface area contributed by atoms with Crippen molar-refractivity contribution < 1.29 is 47.7 Å². The summed E-state index contributed by atoms with van der Waals surface area (Å²) in [6, 6.07) is 0. The Bertz CT molecular complexity index is 1090. The van der Waals surface area contributed by atoms with Gasteiger partial charge in [-0.05, 0) is 67.8 Å². The average Bonchev–Trinajstić information content (AvgIpc) is 2.83. The smallest absolute Gasteiger partial charge is 0.303 e. The van der Waals surface area contributed by atoms with Crippen LogP contribution in [-0.2, 0) is 38.1 Å². The lowest BCUT2D eigenvalue weighted by molar-refractivity contribution is -0.156. The number of hydrogen-bond acceptors (Lipinski definition) is 11. The first-order valence-corrected chi connectivity index (χ1v) is 14.8. The Morgan fingerprint density at radius 2 is 0.975 bits per heavy atom. The highest BCUT2D eigenvalue weighted by atomic mass is 127. The number of esters is 4. The van der Waals surface area contributed by atoms with Crippen LogP contribution in [0.15, 0.2) is 0 Å². The van der Waals surface area contributed by atoms with Gasteiger partial charge in [0.1, 0.15) is 13.2 Å². The van der Waals surface area contributed by atoms with Crippen LogP contribution in [-0.4, -0.2) is 98.1 Å². The van der Waals surface area contributed by atoms with Crippen molar-refractivity contribution in [1.29, 1.82) is 0 Å². The van der Waals surface area contributed by atoms with Crippen LogP contribution >= 0.6 is 67.8 Å². The number of ether oxygens (including phenoxy) is 4. The van der Waals surface area contributed by atoms with E-state index in [1.54, 1.807) is 0 Å². The minimum Gasteiger partial charge on any atom is -0.462 e. The van der Waals surface area contributed by atoms with Crippen LogP contribution in [0, 0.1) is 10.7 Å². The van der Waals surface area contributed by atoms with Gasteiger partial charge in [0, 0.05) is 45.4 Å². The molecule has 222 valence electrons. The number of benzene rings is 1. The maximum atomic E-state index is 13.6. The second kappa shape index (κ2) is 16.5. The number of nitrogens with two attached hydrogens (primary N) is 1. The summed E-state index contributed by atoms with van der Waals surface area (Å²) >= 11 is 5.74. The van der Waals surface area contributed by atoms with Gasteiger partial charge >= 0.3 is 23.9 Å². The summed E-state index contributed by atoms with van der Waals surface area (Å²) in [5, 5.41) is 0. The van der Waals surface area contributed by atoms with E-state index in [4.69, 9.17) is 24.7 Å². The van der Waals surface area contributed by atoms with Gasteiger partial charge in [0.15, 0.2) is 12.2 Å². The third-order valence-electron chi connectivity index (χ3n) is 5.04. The molecule has 0 aliphatic carbocycles. The Labute approximate surface area is 272 Å². The van der Waals surface area contributed by atoms with E-state index in [0.717, 1.165) is 0 Å². The molecular weight excluding hydrogens is 871 g/mol. The SMILES string of the molecule is CC(=O)OC[C@H](CN(C)C(=O)c1c(I)c(N)c(I)c(C(=O)N(C)C[C@@H](COC(C)=O)OC(C)=O)c1I)OC(C)=O. The molecule has 40 heavy (non-hydrogen) atoms. The maximum Gasteiger partial charge on any atom is 0.303 e. The number of carbonyl (C=O) groups excluding carboxylic acids is 6. The summed E-state index contributed by atoms with van der Waals surface area (Å²) in [6.07, 6.45) is -1.84. The largest absolute Gasteiger partial charge is 0.462 e. The highest BCUT2D eigenvalue weighted by Gasteiger charge is 2.31. The summed E-state index contributed by atoms with van der Waals surface area (Å²) in [4.78, 5) is 75.2. The van der Waals surface area contributed by atoms with Crippen LogP contribution in [0.5, 0.6) is 0 Å². The van der Waals surface area contributed by atoms with Crippen molar-refractivity contribution in [1.82, 2.24) is 9.80 Å². The van der Waals surface area contributed by atoms with Gasteiger partial charge in [-0.3, -0.25) is 28.8 Å². The molecule has 2 atom stereocenters. The second-order valence-corrected chi connectivity index (χ2v) is 11.8. The number of rotatable bonds is 12. The van der Waals surface area contributed by atoms with Crippen molar-refractivity contribution in [2.75, 3.05) is 46.1 Å². The fourth-order valence-corrected chi connectivity index (χ4v) is 7.44. The molecule has 16 heteroatoms. The molecule has 0 saturated heterocycles. The van der Waals surface area contributed by atoms with E-state index in [-0.39, 0.29) is 43.1 Å². The van der Waals surface area contributed by atoms with Gasteiger partial charge in [-0.25, -0.2) is 0 Å². The molecule has 1 aromatic carbocycles. The number of amides is 2. The van der Waals surface area contributed by atoms with E-state index >= 15 is 0 Å².